The molecule has 5 heavy (non-hydrogen) atoms. The van der Waals surface area contributed by atoms with Crippen LogP contribution in [0.5, 0.6) is 0 Å². The minimum atomic E-state index is -0.972. The number of hydrogen-bond donors (Lipinski definition) is 0. The van der Waals surface area contributed by atoms with E-state index in [4.69, 9.17) is 17.2 Å². The van der Waals surface area contributed by atoms with E-state index in [1.165, 1.54) is 0 Å². The summed E-state index contributed by atoms with van der Waals surface area (Å²) in [5.74, 6) is 0. The van der Waals surface area contributed by atoms with Gasteiger partial charge in [-0.25, -0.2) is 0 Å². The molecular weight excluding hydrogens is 273 g/mol. The average Bonchev–Trinajstić information content (AvgIpc) is 1.46. The summed E-state index contributed by atoms with van der Waals surface area (Å²) in [4.78, 5) is 0. The van der Waals surface area contributed by atoms with Gasteiger partial charge in [-0.2, -0.15) is 0 Å². The topological polar surface area (TPSA) is 0 Å². The summed E-state index contributed by atoms with van der Waals surface area (Å²) in [5.41, 5.74) is 0. The van der Waals surface area contributed by atoms with Gasteiger partial charge >= 0.3 is 37.7 Å². The third-order valence-corrected chi connectivity index (χ3v) is 0. The Labute approximate surface area is 50.7 Å². The molecule has 0 rings (SSSR count). The fourth-order valence-corrected chi connectivity index (χ4v) is 0. The molecule has 0 fully saturated rings. The van der Waals surface area contributed by atoms with Gasteiger partial charge in [0.25, 0.3) is 0 Å². The summed E-state index contributed by atoms with van der Waals surface area (Å²) in [7, 11) is 9.92. The van der Waals surface area contributed by atoms with Crippen molar-refractivity contribution in [3.63, 3.8) is 0 Å². The molecule has 0 N–H and O–H groups in total. The predicted molar refractivity (Wildman–Crippen MR) is 23.0 cm³/mol. The molecule has 0 unspecified atom stereocenters. The summed E-state index contributed by atoms with van der Waals surface area (Å²) in [5, 5.41) is 0. The van der Waals surface area contributed by atoms with Crippen molar-refractivity contribution in [3.8, 4) is 0 Å². The van der Waals surface area contributed by atoms with Crippen LogP contribution in [0.4, 0.5) is 0 Å². The molecule has 0 spiro atoms. The van der Waals surface area contributed by atoms with E-state index in [1.54, 1.807) is 0 Å². The van der Waals surface area contributed by atoms with Crippen LogP contribution in [-0.2, 0) is 20.5 Å². The first-order valence-electron chi connectivity index (χ1n) is 0.878. The van der Waals surface area contributed by atoms with Crippen LogP contribution in [-0.4, -0.2) is 0 Å². The Morgan fingerprint density at radius 3 is 1.20 bits per heavy atom. The molecule has 0 nitrogen and oxygen atoms in total. The summed E-state index contributed by atoms with van der Waals surface area (Å²) in [6.45, 7) is 6.00. The zero-order valence-electron chi connectivity index (χ0n) is 2.67. The van der Waals surface area contributed by atoms with E-state index in [9.17, 15) is 0 Å². The Hall–Kier alpha value is 1.19. The molecule has 0 aliphatic carbocycles. The first-order chi connectivity index (χ1) is 2.41. The van der Waals surface area contributed by atoms with Crippen molar-refractivity contribution in [3.05, 3.63) is 13.2 Å². The van der Waals surface area contributed by atoms with Gasteiger partial charge in [-0.05, 0) is 0 Å². The number of hydrogen-bond acceptors (Lipinski definition) is 0. The van der Waals surface area contributed by atoms with Gasteiger partial charge in [-0.1, -0.05) is 0 Å². The quantitative estimate of drug-likeness (QED) is 0.470. The molecule has 0 amide bonds. The fourth-order valence-electron chi connectivity index (χ4n) is 0. The van der Waals surface area contributed by atoms with Crippen LogP contribution < -0.4 is 0 Å². The van der Waals surface area contributed by atoms with Gasteiger partial charge in [0, 0.05) is 0 Å². The molecule has 0 aliphatic heterocycles. The fraction of sp³-hybridized carbons (Fsp3) is 0. The third kappa shape index (κ3) is 37.3. The van der Waals surface area contributed by atoms with Gasteiger partial charge in [0.1, 0.15) is 0 Å². The molecule has 0 aromatic carbocycles. The van der Waals surface area contributed by atoms with Gasteiger partial charge in [0.05, 0.1) is 0 Å². The zero-order valence-corrected chi connectivity index (χ0v) is 7.77. The van der Waals surface area contributed by atoms with E-state index in [0.29, 0.717) is 0 Å². The van der Waals surface area contributed by atoms with E-state index in [2.05, 4.69) is 13.2 Å². The Morgan fingerprint density at radius 1 is 1.20 bits per heavy atom. The minimum absolute atomic E-state index is 0.972. The molecule has 0 bridgehead atoms. The van der Waals surface area contributed by atoms with Gasteiger partial charge < -0.3 is 0 Å². The molecule has 0 radical (unpaired) electrons. The molecule has 0 aromatic heterocycles. The normalized spacial score (nSPS) is 3.60. The second kappa shape index (κ2) is 19.0. The Kier molecular flexibility index (Phi) is 36.1. The maximum absolute atomic E-state index is 4.96. The third-order valence-electron chi connectivity index (χ3n) is 0. The van der Waals surface area contributed by atoms with Crippen molar-refractivity contribution in [2.24, 2.45) is 0 Å². The van der Waals surface area contributed by atoms with Crippen LogP contribution in [0.3, 0.4) is 0 Å². The molecule has 0 saturated carbocycles. The van der Waals surface area contributed by atoms with Gasteiger partial charge in [0.15, 0.2) is 0 Å². The second-order valence-corrected chi connectivity index (χ2v) is 5.26. The van der Waals surface area contributed by atoms with Crippen molar-refractivity contribution >= 4 is 17.2 Å². The van der Waals surface area contributed by atoms with Crippen LogP contribution in [0, 0.1) is 0 Å². The van der Waals surface area contributed by atoms with E-state index in [-0.39, 0.29) is 0 Å². The number of rotatable bonds is 0. The van der Waals surface area contributed by atoms with Crippen LogP contribution in [0.2, 0.25) is 0 Å². The van der Waals surface area contributed by atoms with E-state index >= 15 is 0 Å². The molecule has 0 saturated heterocycles. The van der Waals surface area contributed by atoms with Gasteiger partial charge in [-0.15, -0.1) is 13.2 Å². The standard InChI is InChI=1S/C2H4.2ClH.Hf/c1-2;;;/h1-2H2;2*1H;/q;;;+2/p-2. The van der Waals surface area contributed by atoms with E-state index in [0.717, 1.165) is 0 Å². The van der Waals surface area contributed by atoms with Crippen LogP contribution in [0.1, 0.15) is 0 Å². The van der Waals surface area contributed by atoms with Crippen LogP contribution in [0.25, 0.3) is 0 Å². The average molecular weight is 277 g/mol. The van der Waals surface area contributed by atoms with Crippen LogP contribution >= 0.6 is 17.2 Å². The molecule has 0 aromatic rings. The molecule has 0 heterocycles. The van der Waals surface area contributed by atoms with Crippen molar-refractivity contribution in [2.75, 3.05) is 0 Å². The SMILES string of the molecule is C=C.[Cl][Hf][Cl]. The number of halogens is 2. The Morgan fingerprint density at radius 2 is 1.20 bits per heavy atom. The van der Waals surface area contributed by atoms with Crippen molar-refractivity contribution in [1.29, 1.82) is 0 Å². The van der Waals surface area contributed by atoms with Gasteiger partial charge in [-0.3, -0.25) is 0 Å². The summed E-state index contributed by atoms with van der Waals surface area (Å²) in [6, 6.07) is 0. The molecular formula is C2H4Cl2Hf. The summed E-state index contributed by atoms with van der Waals surface area (Å²) in [6.07, 6.45) is 0. The van der Waals surface area contributed by atoms with Crippen LogP contribution in [0.15, 0.2) is 13.2 Å². The van der Waals surface area contributed by atoms with Crippen molar-refractivity contribution in [1.82, 2.24) is 0 Å². The van der Waals surface area contributed by atoms with E-state index < -0.39 is 20.5 Å². The van der Waals surface area contributed by atoms with E-state index in [1.807, 2.05) is 0 Å². The molecule has 0 atom stereocenters. The summed E-state index contributed by atoms with van der Waals surface area (Å²) >= 11 is -0.972. The predicted octanol–water partition coefficient (Wildman–Crippen LogP) is 2.18. The maximum atomic E-state index is 4.96. The molecule has 30 valence electrons. The second-order valence-electron chi connectivity index (χ2n) is 0.0714. The first kappa shape index (κ1) is 9.50. The monoisotopic (exact) mass is 278 g/mol. The zero-order chi connectivity index (χ0) is 4.71. The van der Waals surface area contributed by atoms with Gasteiger partial charge in [0.2, 0.25) is 0 Å². The Balaban J connectivity index is 0. The Bertz CT molecular complexity index is 11.6. The molecule has 0 aliphatic rings. The summed E-state index contributed by atoms with van der Waals surface area (Å²) < 4.78 is 0. The first-order valence-corrected chi connectivity index (χ1v) is 9.78. The van der Waals surface area contributed by atoms with Crippen molar-refractivity contribution < 1.29 is 20.5 Å². The van der Waals surface area contributed by atoms with Crippen molar-refractivity contribution in [2.45, 2.75) is 0 Å². The molecule has 3 heteroatoms.